The summed E-state index contributed by atoms with van der Waals surface area (Å²) in [4.78, 5) is 4.38. The van der Waals surface area contributed by atoms with Gasteiger partial charge in [-0.25, -0.2) is 4.39 Å². The number of nitrogens with zero attached hydrogens (tertiary/aromatic N) is 1. The standard InChI is InChI=1S/C25H35FN4O/c1-19-17-23(26)10-9-21(19)11-14-28-24(27-3)29-18-25(12-15-31-16-13-25)30-20(2)22-7-5-4-6-8-22/h4-10,17,20,30H,11-16,18H2,1-3H3,(H2,27,28,29). The molecule has 6 heteroatoms. The highest BCUT2D eigenvalue weighted by Crippen LogP contribution is 2.25. The average molecular weight is 427 g/mol. The Morgan fingerprint density at radius 3 is 2.55 bits per heavy atom. The molecule has 1 unspecified atom stereocenters. The first-order valence-electron chi connectivity index (χ1n) is 11.1. The maximum absolute atomic E-state index is 13.3. The Balaban J connectivity index is 1.55. The molecule has 0 aromatic heterocycles. The molecule has 1 aliphatic heterocycles. The van der Waals surface area contributed by atoms with Crippen LogP contribution in [0.1, 0.15) is 42.5 Å². The Labute approximate surface area is 185 Å². The van der Waals surface area contributed by atoms with Gasteiger partial charge in [0.1, 0.15) is 5.82 Å². The Morgan fingerprint density at radius 1 is 1.13 bits per heavy atom. The number of rotatable bonds is 8. The van der Waals surface area contributed by atoms with Gasteiger partial charge in [0.05, 0.1) is 0 Å². The van der Waals surface area contributed by atoms with E-state index in [-0.39, 0.29) is 17.4 Å². The molecule has 1 fully saturated rings. The SMILES string of the molecule is CN=C(NCCc1ccc(F)cc1C)NCC1(NC(C)c2ccccc2)CCOCC1. The molecule has 0 spiro atoms. The molecule has 3 rings (SSSR count). The molecule has 1 saturated heterocycles. The zero-order chi connectivity index (χ0) is 22.1. The topological polar surface area (TPSA) is 57.7 Å². The fraction of sp³-hybridized carbons (Fsp3) is 0.480. The Hall–Kier alpha value is -2.44. The molecule has 2 aromatic carbocycles. The number of ether oxygens (including phenoxy) is 1. The highest BCUT2D eigenvalue weighted by molar-refractivity contribution is 5.79. The van der Waals surface area contributed by atoms with Crippen molar-refractivity contribution in [1.29, 1.82) is 0 Å². The number of nitrogens with one attached hydrogen (secondary N) is 3. The van der Waals surface area contributed by atoms with Gasteiger partial charge in [0.2, 0.25) is 0 Å². The van der Waals surface area contributed by atoms with Crippen LogP contribution in [0.25, 0.3) is 0 Å². The fourth-order valence-corrected chi connectivity index (χ4v) is 4.15. The zero-order valence-corrected chi connectivity index (χ0v) is 18.9. The van der Waals surface area contributed by atoms with Crippen molar-refractivity contribution in [2.24, 2.45) is 4.99 Å². The highest BCUT2D eigenvalue weighted by atomic mass is 19.1. The van der Waals surface area contributed by atoms with Gasteiger partial charge in [0.25, 0.3) is 0 Å². The zero-order valence-electron chi connectivity index (χ0n) is 18.9. The summed E-state index contributed by atoms with van der Waals surface area (Å²) < 4.78 is 18.9. The van der Waals surface area contributed by atoms with Crippen LogP contribution < -0.4 is 16.0 Å². The van der Waals surface area contributed by atoms with Gasteiger partial charge in [-0.2, -0.15) is 0 Å². The van der Waals surface area contributed by atoms with Crippen molar-refractivity contribution >= 4 is 5.96 Å². The molecule has 168 valence electrons. The smallest absolute Gasteiger partial charge is 0.191 e. The van der Waals surface area contributed by atoms with E-state index in [1.165, 1.54) is 11.6 Å². The molecule has 0 bridgehead atoms. The van der Waals surface area contributed by atoms with Gasteiger partial charge < -0.3 is 20.7 Å². The first kappa shape index (κ1) is 23.2. The average Bonchev–Trinajstić information content (AvgIpc) is 2.78. The normalized spacial score (nSPS) is 17.2. The van der Waals surface area contributed by atoms with Crippen LogP contribution in [0, 0.1) is 12.7 Å². The molecule has 1 aliphatic rings. The lowest BCUT2D eigenvalue weighted by Gasteiger charge is -2.41. The molecule has 3 N–H and O–H groups in total. The number of hydrogen-bond donors (Lipinski definition) is 3. The molecule has 0 saturated carbocycles. The monoisotopic (exact) mass is 426 g/mol. The van der Waals surface area contributed by atoms with Gasteiger partial charge in [0.15, 0.2) is 5.96 Å². The fourth-order valence-electron chi connectivity index (χ4n) is 4.15. The third kappa shape index (κ3) is 6.77. The van der Waals surface area contributed by atoms with Gasteiger partial charge in [-0.3, -0.25) is 4.99 Å². The third-order valence-electron chi connectivity index (χ3n) is 6.08. The summed E-state index contributed by atoms with van der Waals surface area (Å²) in [6, 6.07) is 15.7. The molecular formula is C25H35FN4O. The molecule has 1 atom stereocenters. The molecular weight excluding hydrogens is 391 g/mol. The van der Waals surface area contributed by atoms with Crippen molar-refractivity contribution < 1.29 is 9.13 Å². The van der Waals surface area contributed by atoms with Crippen molar-refractivity contribution in [2.75, 3.05) is 33.4 Å². The molecule has 31 heavy (non-hydrogen) atoms. The van der Waals surface area contributed by atoms with E-state index in [1.807, 2.05) is 19.1 Å². The molecule has 5 nitrogen and oxygen atoms in total. The van der Waals surface area contributed by atoms with E-state index in [4.69, 9.17) is 4.74 Å². The molecule has 0 aliphatic carbocycles. The first-order valence-corrected chi connectivity index (χ1v) is 11.1. The van der Waals surface area contributed by atoms with Gasteiger partial charge in [-0.15, -0.1) is 0 Å². The van der Waals surface area contributed by atoms with Crippen molar-refractivity contribution in [3.8, 4) is 0 Å². The minimum absolute atomic E-state index is 0.0569. The van der Waals surface area contributed by atoms with Crippen LogP contribution in [0.15, 0.2) is 53.5 Å². The minimum Gasteiger partial charge on any atom is -0.381 e. The van der Waals surface area contributed by atoms with Crippen molar-refractivity contribution in [3.05, 3.63) is 71.0 Å². The minimum atomic E-state index is -0.189. The van der Waals surface area contributed by atoms with E-state index in [1.54, 1.807) is 13.1 Å². The summed E-state index contributed by atoms with van der Waals surface area (Å²) in [6.07, 6.45) is 2.71. The Morgan fingerprint density at radius 2 is 1.87 bits per heavy atom. The quantitative estimate of drug-likeness (QED) is 0.445. The van der Waals surface area contributed by atoms with Crippen LogP contribution in [0.2, 0.25) is 0 Å². The van der Waals surface area contributed by atoms with Crippen LogP contribution >= 0.6 is 0 Å². The van der Waals surface area contributed by atoms with E-state index in [0.29, 0.717) is 0 Å². The van der Waals surface area contributed by atoms with E-state index in [9.17, 15) is 4.39 Å². The molecule has 1 heterocycles. The van der Waals surface area contributed by atoms with Gasteiger partial charge in [-0.05, 0) is 61.9 Å². The largest absolute Gasteiger partial charge is 0.381 e. The second kappa shape index (κ2) is 11.3. The number of aliphatic imine (C=N–C) groups is 1. The van der Waals surface area contributed by atoms with Crippen LogP contribution in [0.5, 0.6) is 0 Å². The van der Waals surface area contributed by atoms with Crippen LogP contribution in [-0.2, 0) is 11.2 Å². The van der Waals surface area contributed by atoms with Gasteiger partial charge >= 0.3 is 0 Å². The third-order valence-corrected chi connectivity index (χ3v) is 6.08. The number of guanidine groups is 1. The summed E-state index contributed by atoms with van der Waals surface area (Å²) in [6.45, 7) is 7.17. The van der Waals surface area contributed by atoms with E-state index >= 15 is 0 Å². The lowest BCUT2D eigenvalue weighted by molar-refractivity contribution is 0.0355. The second-order valence-electron chi connectivity index (χ2n) is 8.34. The van der Waals surface area contributed by atoms with E-state index in [0.717, 1.165) is 62.7 Å². The highest BCUT2D eigenvalue weighted by Gasteiger charge is 2.34. The van der Waals surface area contributed by atoms with E-state index < -0.39 is 0 Å². The maximum atomic E-state index is 13.3. The van der Waals surface area contributed by atoms with Gasteiger partial charge in [-0.1, -0.05) is 36.4 Å². The summed E-state index contributed by atoms with van der Waals surface area (Å²) in [5.41, 5.74) is 3.35. The predicted octanol–water partition coefficient (Wildman–Crippen LogP) is 3.74. The lowest BCUT2D eigenvalue weighted by Crippen LogP contribution is -2.58. The molecule has 2 aromatic rings. The number of halogens is 1. The number of aryl methyl sites for hydroxylation is 1. The molecule has 0 amide bonds. The van der Waals surface area contributed by atoms with E-state index in [2.05, 4.69) is 52.1 Å². The van der Waals surface area contributed by atoms with Crippen molar-refractivity contribution in [1.82, 2.24) is 16.0 Å². The number of benzene rings is 2. The Kier molecular flexibility index (Phi) is 8.43. The lowest BCUT2D eigenvalue weighted by atomic mass is 9.88. The number of hydrogen-bond acceptors (Lipinski definition) is 3. The predicted molar refractivity (Wildman–Crippen MR) is 125 cm³/mol. The van der Waals surface area contributed by atoms with Crippen LogP contribution in [0.3, 0.4) is 0 Å². The van der Waals surface area contributed by atoms with Crippen LogP contribution in [0.4, 0.5) is 4.39 Å². The summed E-state index contributed by atoms with van der Waals surface area (Å²) in [7, 11) is 1.79. The van der Waals surface area contributed by atoms with Crippen molar-refractivity contribution in [2.45, 2.75) is 44.7 Å². The summed E-state index contributed by atoms with van der Waals surface area (Å²) >= 11 is 0. The summed E-state index contributed by atoms with van der Waals surface area (Å²) in [5.74, 6) is 0.588. The maximum Gasteiger partial charge on any atom is 0.191 e. The first-order chi connectivity index (χ1) is 15.0. The molecule has 0 radical (unpaired) electrons. The van der Waals surface area contributed by atoms with Crippen molar-refractivity contribution in [3.63, 3.8) is 0 Å². The second-order valence-corrected chi connectivity index (χ2v) is 8.34. The van der Waals surface area contributed by atoms with Crippen LogP contribution in [-0.4, -0.2) is 44.8 Å². The van der Waals surface area contributed by atoms with Gasteiger partial charge in [0, 0.05) is 44.9 Å². The Bertz CT molecular complexity index is 850. The summed E-state index contributed by atoms with van der Waals surface area (Å²) in [5, 5.41) is 10.8.